The van der Waals surface area contributed by atoms with Crippen molar-refractivity contribution in [3.05, 3.63) is 63.1 Å². The molecule has 0 atom stereocenters. The van der Waals surface area contributed by atoms with Gasteiger partial charge in [0.1, 0.15) is 5.75 Å². The van der Waals surface area contributed by atoms with Crippen LogP contribution in [0.2, 0.25) is 5.02 Å². The highest BCUT2D eigenvalue weighted by molar-refractivity contribution is 9.10. The van der Waals surface area contributed by atoms with E-state index in [2.05, 4.69) is 31.8 Å². The van der Waals surface area contributed by atoms with Crippen LogP contribution in [-0.4, -0.2) is 29.7 Å². The highest BCUT2D eigenvalue weighted by Gasteiger charge is 2.10. The Kier molecular flexibility index (Phi) is 6.34. The molecule has 2 aromatic carbocycles. The van der Waals surface area contributed by atoms with E-state index in [1.54, 1.807) is 36.4 Å². The summed E-state index contributed by atoms with van der Waals surface area (Å²) < 4.78 is 0.764. The van der Waals surface area contributed by atoms with E-state index in [4.69, 9.17) is 11.6 Å². The largest absolute Gasteiger partial charge is 0.507 e. The number of phenolic OH excluding ortho intramolecular Hbond substituents is 1. The number of nitrogens with zero attached hydrogens (tertiary/aromatic N) is 1. The fourth-order valence-corrected chi connectivity index (χ4v) is 2.34. The number of phenols is 1. The van der Waals surface area contributed by atoms with Crippen molar-refractivity contribution in [3.8, 4) is 5.75 Å². The lowest BCUT2D eigenvalue weighted by Gasteiger charge is -2.05. The van der Waals surface area contributed by atoms with Gasteiger partial charge in [-0.25, -0.2) is 5.43 Å². The smallest absolute Gasteiger partial charge is 0.259 e. The summed E-state index contributed by atoms with van der Waals surface area (Å²) in [4.78, 5) is 23.6. The van der Waals surface area contributed by atoms with Gasteiger partial charge in [-0.2, -0.15) is 5.10 Å². The zero-order chi connectivity index (χ0) is 17.5. The van der Waals surface area contributed by atoms with Crippen LogP contribution in [0.5, 0.6) is 5.75 Å². The zero-order valence-corrected chi connectivity index (χ0v) is 14.6. The SMILES string of the molecule is O=C(CNC(=O)c1ccccc1Cl)NN=Cc1cc(Br)ccc1O. The molecule has 2 aromatic rings. The maximum absolute atomic E-state index is 11.9. The van der Waals surface area contributed by atoms with Crippen molar-refractivity contribution in [1.29, 1.82) is 0 Å². The van der Waals surface area contributed by atoms with Gasteiger partial charge in [0.15, 0.2) is 0 Å². The van der Waals surface area contributed by atoms with Crippen LogP contribution in [0, 0.1) is 0 Å². The molecule has 2 rings (SSSR count). The normalized spacial score (nSPS) is 10.6. The lowest BCUT2D eigenvalue weighted by molar-refractivity contribution is -0.120. The molecular formula is C16H13BrClN3O3. The molecule has 0 aliphatic heterocycles. The lowest BCUT2D eigenvalue weighted by atomic mass is 10.2. The van der Waals surface area contributed by atoms with E-state index in [1.165, 1.54) is 12.3 Å². The van der Waals surface area contributed by atoms with Gasteiger partial charge in [-0.1, -0.05) is 39.7 Å². The Morgan fingerprint density at radius 2 is 2.00 bits per heavy atom. The van der Waals surface area contributed by atoms with E-state index >= 15 is 0 Å². The Morgan fingerprint density at radius 3 is 2.75 bits per heavy atom. The molecule has 3 N–H and O–H groups in total. The predicted molar refractivity (Wildman–Crippen MR) is 95.3 cm³/mol. The first-order valence-electron chi connectivity index (χ1n) is 6.80. The second kappa shape index (κ2) is 8.47. The fourth-order valence-electron chi connectivity index (χ4n) is 1.74. The molecule has 0 aliphatic rings. The monoisotopic (exact) mass is 409 g/mol. The zero-order valence-electron chi connectivity index (χ0n) is 12.3. The molecule has 0 aromatic heterocycles. The molecule has 0 bridgehead atoms. The second-order valence-corrected chi connectivity index (χ2v) is 5.98. The molecule has 0 heterocycles. The minimum absolute atomic E-state index is 0.0308. The number of benzene rings is 2. The van der Waals surface area contributed by atoms with Crippen LogP contribution in [0.3, 0.4) is 0 Å². The number of hydrogen-bond acceptors (Lipinski definition) is 4. The van der Waals surface area contributed by atoms with Gasteiger partial charge >= 0.3 is 0 Å². The summed E-state index contributed by atoms with van der Waals surface area (Å²) in [5.74, 6) is -0.936. The summed E-state index contributed by atoms with van der Waals surface area (Å²) in [5, 5.41) is 16.1. The molecule has 24 heavy (non-hydrogen) atoms. The van der Waals surface area contributed by atoms with Gasteiger partial charge < -0.3 is 10.4 Å². The number of nitrogens with one attached hydrogen (secondary N) is 2. The number of amides is 2. The number of carbonyl (C=O) groups excluding carboxylic acids is 2. The first-order chi connectivity index (χ1) is 11.5. The van der Waals surface area contributed by atoms with Crippen LogP contribution < -0.4 is 10.7 Å². The van der Waals surface area contributed by atoms with Gasteiger partial charge in [0.25, 0.3) is 11.8 Å². The quantitative estimate of drug-likeness (QED) is 0.523. The van der Waals surface area contributed by atoms with Crippen LogP contribution >= 0.6 is 27.5 Å². The van der Waals surface area contributed by atoms with Crippen LogP contribution in [0.25, 0.3) is 0 Å². The van der Waals surface area contributed by atoms with Crippen molar-refractivity contribution >= 4 is 45.6 Å². The number of halogens is 2. The summed E-state index contributed by atoms with van der Waals surface area (Å²) >= 11 is 9.17. The topological polar surface area (TPSA) is 90.8 Å². The number of rotatable bonds is 5. The lowest BCUT2D eigenvalue weighted by Crippen LogP contribution is -2.35. The number of hydrazone groups is 1. The maximum atomic E-state index is 11.9. The molecule has 0 radical (unpaired) electrons. The van der Waals surface area contributed by atoms with Crippen molar-refractivity contribution in [2.24, 2.45) is 5.10 Å². The molecule has 6 nitrogen and oxygen atoms in total. The maximum Gasteiger partial charge on any atom is 0.259 e. The van der Waals surface area contributed by atoms with E-state index in [0.717, 1.165) is 4.47 Å². The number of aromatic hydroxyl groups is 1. The van der Waals surface area contributed by atoms with Gasteiger partial charge in [-0.05, 0) is 30.3 Å². The minimum Gasteiger partial charge on any atom is -0.507 e. The third-order valence-electron chi connectivity index (χ3n) is 2.91. The standard InChI is InChI=1S/C16H13BrClN3O3/c17-11-5-6-14(22)10(7-11)8-20-21-15(23)9-19-16(24)12-3-1-2-4-13(12)18/h1-8,22H,9H2,(H,19,24)(H,21,23). The molecule has 0 saturated carbocycles. The van der Waals surface area contributed by atoms with Crippen molar-refractivity contribution in [3.63, 3.8) is 0 Å². The molecule has 2 amide bonds. The summed E-state index contributed by atoms with van der Waals surface area (Å²) in [6.45, 7) is -0.258. The first-order valence-corrected chi connectivity index (χ1v) is 7.97. The molecule has 0 saturated heterocycles. The first kappa shape index (κ1) is 18.0. The Bertz CT molecular complexity index is 796. The fraction of sp³-hybridized carbons (Fsp3) is 0.0625. The highest BCUT2D eigenvalue weighted by atomic mass is 79.9. The molecular weight excluding hydrogens is 398 g/mol. The number of carbonyl (C=O) groups is 2. The molecule has 124 valence electrons. The Morgan fingerprint density at radius 1 is 1.25 bits per heavy atom. The third-order valence-corrected chi connectivity index (χ3v) is 3.73. The summed E-state index contributed by atoms with van der Waals surface area (Å²) in [5.41, 5.74) is 2.98. The van der Waals surface area contributed by atoms with Gasteiger partial charge in [0.05, 0.1) is 23.3 Å². The molecule has 0 aliphatic carbocycles. The Balaban J connectivity index is 1.85. The van der Waals surface area contributed by atoms with Crippen molar-refractivity contribution < 1.29 is 14.7 Å². The van der Waals surface area contributed by atoms with E-state index < -0.39 is 11.8 Å². The van der Waals surface area contributed by atoms with Crippen molar-refractivity contribution in [2.45, 2.75) is 0 Å². The third kappa shape index (κ3) is 5.07. The molecule has 0 fully saturated rings. The van der Waals surface area contributed by atoms with Gasteiger partial charge in [-0.15, -0.1) is 0 Å². The minimum atomic E-state index is -0.513. The number of hydrogen-bond donors (Lipinski definition) is 3. The Hall–Kier alpha value is -2.38. The predicted octanol–water partition coefficient (Wildman–Crippen LogP) is 2.69. The Labute approximate surface area is 151 Å². The van der Waals surface area contributed by atoms with E-state index in [-0.39, 0.29) is 17.9 Å². The highest BCUT2D eigenvalue weighted by Crippen LogP contribution is 2.19. The summed E-state index contributed by atoms with van der Waals surface area (Å²) in [6, 6.07) is 11.3. The van der Waals surface area contributed by atoms with Gasteiger partial charge in [0, 0.05) is 10.0 Å². The molecule has 8 heteroatoms. The van der Waals surface area contributed by atoms with Crippen molar-refractivity contribution in [2.75, 3.05) is 6.54 Å². The molecule has 0 unspecified atom stereocenters. The van der Waals surface area contributed by atoms with E-state index in [0.29, 0.717) is 10.6 Å². The van der Waals surface area contributed by atoms with Crippen LogP contribution in [0.4, 0.5) is 0 Å². The van der Waals surface area contributed by atoms with Crippen LogP contribution in [0.15, 0.2) is 52.0 Å². The average Bonchev–Trinajstić information content (AvgIpc) is 2.56. The van der Waals surface area contributed by atoms with E-state index in [9.17, 15) is 14.7 Å². The second-order valence-electron chi connectivity index (χ2n) is 4.66. The average molecular weight is 411 g/mol. The van der Waals surface area contributed by atoms with Crippen molar-refractivity contribution in [1.82, 2.24) is 10.7 Å². The van der Waals surface area contributed by atoms with Gasteiger partial charge in [-0.3, -0.25) is 9.59 Å². The van der Waals surface area contributed by atoms with E-state index in [1.807, 2.05) is 0 Å². The summed E-state index contributed by atoms with van der Waals surface area (Å²) in [7, 11) is 0. The van der Waals surface area contributed by atoms with Crippen LogP contribution in [-0.2, 0) is 4.79 Å². The molecule has 0 spiro atoms. The van der Waals surface area contributed by atoms with Crippen LogP contribution in [0.1, 0.15) is 15.9 Å². The summed E-state index contributed by atoms with van der Waals surface area (Å²) in [6.07, 6.45) is 1.30. The van der Waals surface area contributed by atoms with Gasteiger partial charge in [0.2, 0.25) is 0 Å².